The van der Waals surface area contributed by atoms with E-state index in [2.05, 4.69) is 5.32 Å². The summed E-state index contributed by atoms with van der Waals surface area (Å²) in [5.41, 5.74) is 0.284. The van der Waals surface area contributed by atoms with Crippen molar-refractivity contribution in [1.29, 1.82) is 0 Å². The van der Waals surface area contributed by atoms with Crippen LogP contribution >= 0.6 is 0 Å². The van der Waals surface area contributed by atoms with E-state index in [1.807, 2.05) is 13.8 Å². The average Bonchev–Trinajstić information content (AvgIpc) is 2.37. The molecule has 0 bridgehead atoms. The first-order chi connectivity index (χ1) is 9.23. The van der Waals surface area contributed by atoms with Crippen LogP contribution in [0.1, 0.15) is 33.3 Å². The Morgan fingerprint density at radius 3 is 2.25 bits per heavy atom. The Kier molecular flexibility index (Phi) is 5.13. The summed E-state index contributed by atoms with van der Waals surface area (Å²) in [6.45, 7) is 7.53. The Bertz CT molecular complexity index is 477. The Morgan fingerprint density at radius 2 is 1.80 bits per heavy atom. The fourth-order valence-electron chi connectivity index (χ4n) is 1.49. The maximum Gasteiger partial charge on any atom is 0.411 e. The summed E-state index contributed by atoms with van der Waals surface area (Å²) in [6, 6.07) is 6.70. The molecule has 0 fully saturated rings. The van der Waals surface area contributed by atoms with Crippen LogP contribution in [0, 0.1) is 5.92 Å². The summed E-state index contributed by atoms with van der Waals surface area (Å²) in [5.74, 6) is -0.617. The lowest BCUT2D eigenvalue weighted by Gasteiger charge is -2.19. The van der Waals surface area contributed by atoms with Gasteiger partial charge in [-0.2, -0.15) is 0 Å². The number of carboxylic acids is 1. The van der Waals surface area contributed by atoms with Crippen LogP contribution in [0.25, 0.3) is 0 Å². The highest BCUT2D eigenvalue weighted by atomic mass is 16.5. The van der Waals surface area contributed by atoms with Gasteiger partial charge in [0.05, 0.1) is 12.0 Å². The molecule has 1 aromatic carbocycles. The number of anilines is 1. The lowest BCUT2D eigenvalue weighted by atomic mass is 9.85. The molecule has 1 amide bonds. The molecule has 0 atom stereocenters. The van der Waals surface area contributed by atoms with Crippen molar-refractivity contribution >= 4 is 17.7 Å². The summed E-state index contributed by atoms with van der Waals surface area (Å²) in [4.78, 5) is 22.6. The number of amides is 1. The predicted octanol–water partition coefficient (Wildman–Crippen LogP) is 3.25. The fraction of sp³-hybridized carbons (Fsp3) is 0.467. The van der Waals surface area contributed by atoms with E-state index in [0.29, 0.717) is 17.9 Å². The molecule has 0 aliphatic carbocycles. The fourth-order valence-corrected chi connectivity index (χ4v) is 1.49. The Morgan fingerprint density at radius 1 is 1.25 bits per heavy atom. The first kappa shape index (κ1) is 16.0. The highest BCUT2D eigenvalue weighted by Crippen LogP contribution is 2.24. The highest BCUT2D eigenvalue weighted by Gasteiger charge is 2.29. The summed E-state index contributed by atoms with van der Waals surface area (Å²) in [6.07, 6.45) is -0.510. The zero-order valence-electron chi connectivity index (χ0n) is 12.3. The number of rotatable bonds is 5. The van der Waals surface area contributed by atoms with Crippen molar-refractivity contribution in [1.82, 2.24) is 0 Å². The van der Waals surface area contributed by atoms with Gasteiger partial charge >= 0.3 is 12.1 Å². The number of hydrogen-bond donors (Lipinski definition) is 2. The van der Waals surface area contributed by atoms with Gasteiger partial charge in [0.2, 0.25) is 0 Å². The zero-order chi connectivity index (χ0) is 15.3. The largest absolute Gasteiger partial charge is 0.481 e. The number of carboxylic acid groups (broad SMARTS) is 1. The van der Waals surface area contributed by atoms with Gasteiger partial charge in [0.25, 0.3) is 0 Å². The molecular formula is C15H21NO4. The van der Waals surface area contributed by atoms with E-state index < -0.39 is 17.5 Å². The molecule has 110 valence electrons. The van der Waals surface area contributed by atoms with Crippen molar-refractivity contribution in [3.05, 3.63) is 29.8 Å². The lowest BCUT2D eigenvalue weighted by molar-refractivity contribution is -0.142. The number of nitrogens with one attached hydrogen (secondary N) is 1. The molecule has 0 aliphatic heterocycles. The Hall–Kier alpha value is -2.04. The van der Waals surface area contributed by atoms with Gasteiger partial charge in [0.15, 0.2) is 0 Å². The van der Waals surface area contributed by atoms with Crippen molar-refractivity contribution in [2.75, 3.05) is 11.9 Å². The molecule has 0 aliphatic rings. The molecule has 0 spiro atoms. The minimum absolute atomic E-state index is 0.277. The van der Waals surface area contributed by atoms with Crippen LogP contribution in [0.4, 0.5) is 10.5 Å². The summed E-state index contributed by atoms with van der Waals surface area (Å²) in [7, 11) is 0. The van der Waals surface area contributed by atoms with E-state index in [-0.39, 0.29) is 5.92 Å². The number of carbonyl (C=O) groups is 2. The van der Waals surface area contributed by atoms with Crippen LogP contribution in [-0.4, -0.2) is 23.8 Å². The second-order valence-corrected chi connectivity index (χ2v) is 5.62. The van der Waals surface area contributed by atoms with E-state index in [1.54, 1.807) is 38.1 Å². The molecule has 0 aromatic heterocycles. The van der Waals surface area contributed by atoms with Crippen LogP contribution < -0.4 is 5.32 Å². The second-order valence-electron chi connectivity index (χ2n) is 5.62. The lowest BCUT2D eigenvalue weighted by Crippen LogP contribution is -2.28. The molecular weight excluding hydrogens is 258 g/mol. The molecule has 0 radical (unpaired) electrons. The molecule has 2 N–H and O–H groups in total. The van der Waals surface area contributed by atoms with Gasteiger partial charge in [-0.25, -0.2) is 4.79 Å². The number of aliphatic carboxylic acids is 1. The SMILES string of the molecule is CC(C)COC(=O)Nc1ccc(C(C)(C)C(=O)O)cc1. The van der Waals surface area contributed by atoms with Crippen LogP contribution in [0.2, 0.25) is 0 Å². The molecule has 0 saturated heterocycles. The molecule has 1 rings (SSSR count). The third-order valence-electron chi connectivity index (χ3n) is 2.94. The Balaban J connectivity index is 2.68. The van der Waals surface area contributed by atoms with Gasteiger partial charge in [-0.05, 0) is 37.5 Å². The average molecular weight is 279 g/mol. The van der Waals surface area contributed by atoms with Crippen molar-refractivity contribution in [3.63, 3.8) is 0 Å². The minimum Gasteiger partial charge on any atom is -0.481 e. The van der Waals surface area contributed by atoms with Crippen LogP contribution in [0.5, 0.6) is 0 Å². The van der Waals surface area contributed by atoms with Crippen LogP contribution in [-0.2, 0) is 14.9 Å². The van der Waals surface area contributed by atoms with Gasteiger partial charge in [-0.3, -0.25) is 10.1 Å². The molecule has 5 nitrogen and oxygen atoms in total. The van der Waals surface area contributed by atoms with Gasteiger partial charge < -0.3 is 9.84 Å². The molecule has 0 heterocycles. The van der Waals surface area contributed by atoms with Crippen LogP contribution in [0.3, 0.4) is 0 Å². The molecule has 1 aromatic rings. The third kappa shape index (κ3) is 4.26. The van der Waals surface area contributed by atoms with Crippen molar-refractivity contribution < 1.29 is 19.4 Å². The second kappa shape index (κ2) is 6.41. The summed E-state index contributed by atoms with van der Waals surface area (Å²) < 4.78 is 5.00. The molecule has 5 heteroatoms. The van der Waals surface area contributed by atoms with E-state index in [1.165, 1.54) is 0 Å². The molecule has 20 heavy (non-hydrogen) atoms. The molecule has 0 unspecified atom stereocenters. The summed E-state index contributed by atoms with van der Waals surface area (Å²) in [5, 5.41) is 11.7. The first-order valence-electron chi connectivity index (χ1n) is 6.51. The minimum atomic E-state index is -0.962. The van der Waals surface area contributed by atoms with E-state index >= 15 is 0 Å². The first-order valence-corrected chi connectivity index (χ1v) is 6.51. The van der Waals surface area contributed by atoms with Crippen molar-refractivity contribution in [2.24, 2.45) is 5.92 Å². The van der Waals surface area contributed by atoms with E-state index in [9.17, 15) is 9.59 Å². The predicted molar refractivity (Wildman–Crippen MR) is 76.9 cm³/mol. The maximum atomic E-state index is 11.5. The molecule has 0 saturated carbocycles. The number of hydrogen-bond acceptors (Lipinski definition) is 3. The smallest absolute Gasteiger partial charge is 0.411 e. The third-order valence-corrected chi connectivity index (χ3v) is 2.94. The van der Waals surface area contributed by atoms with Gasteiger partial charge in [0.1, 0.15) is 0 Å². The van der Waals surface area contributed by atoms with Crippen LogP contribution in [0.15, 0.2) is 24.3 Å². The van der Waals surface area contributed by atoms with Crippen molar-refractivity contribution in [3.8, 4) is 0 Å². The zero-order valence-corrected chi connectivity index (χ0v) is 12.3. The van der Waals surface area contributed by atoms with Crippen molar-refractivity contribution in [2.45, 2.75) is 33.1 Å². The topological polar surface area (TPSA) is 75.6 Å². The highest BCUT2D eigenvalue weighted by molar-refractivity contribution is 5.85. The quantitative estimate of drug-likeness (QED) is 0.867. The van der Waals surface area contributed by atoms with E-state index in [4.69, 9.17) is 9.84 Å². The number of benzene rings is 1. The number of ether oxygens (including phenoxy) is 1. The monoisotopic (exact) mass is 279 g/mol. The Labute approximate surface area is 118 Å². The van der Waals surface area contributed by atoms with E-state index in [0.717, 1.165) is 0 Å². The van der Waals surface area contributed by atoms with Gasteiger partial charge in [-0.15, -0.1) is 0 Å². The summed E-state index contributed by atoms with van der Waals surface area (Å²) >= 11 is 0. The normalized spacial score (nSPS) is 11.2. The standard InChI is InChI=1S/C15H21NO4/c1-10(2)9-20-14(19)16-12-7-5-11(6-8-12)15(3,4)13(17)18/h5-8,10H,9H2,1-4H3,(H,16,19)(H,17,18). The number of carbonyl (C=O) groups excluding carboxylic acids is 1. The van der Waals surface area contributed by atoms with Gasteiger partial charge in [0, 0.05) is 5.69 Å². The maximum absolute atomic E-state index is 11.5. The van der Waals surface area contributed by atoms with Gasteiger partial charge in [-0.1, -0.05) is 26.0 Å².